The second-order valence-corrected chi connectivity index (χ2v) is 16.4. The third-order valence-electron chi connectivity index (χ3n) is 8.05. The monoisotopic (exact) mass is 376 g/mol. The van der Waals surface area contributed by atoms with Crippen molar-refractivity contribution in [3.05, 3.63) is 0 Å². The first-order valence-corrected chi connectivity index (χ1v) is 12.4. The van der Waals surface area contributed by atoms with Gasteiger partial charge in [-0.25, -0.2) is 0 Å². The van der Waals surface area contributed by atoms with Gasteiger partial charge in [0.05, 0.1) is 0 Å². The Kier molecular flexibility index (Phi) is 8.05. The lowest BCUT2D eigenvalue weighted by Crippen LogP contribution is -2.55. The summed E-state index contributed by atoms with van der Waals surface area (Å²) in [5.74, 6) is 0. The summed E-state index contributed by atoms with van der Waals surface area (Å²) in [6.45, 7) is 26.9. The van der Waals surface area contributed by atoms with Gasteiger partial charge in [0, 0.05) is 0 Å². The summed E-state index contributed by atoms with van der Waals surface area (Å²) in [6.07, 6.45) is 2.52. The Hall–Kier alpha value is 0.571. The summed E-state index contributed by atoms with van der Waals surface area (Å²) in [4.78, 5) is 0. The Morgan fingerprint density at radius 3 is 1.65 bits per heavy atom. The van der Waals surface area contributed by atoms with Gasteiger partial charge < -0.3 is 8.23 Å². The molecule has 0 heterocycles. The summed E-state index contributed by atoms with van der Waals surface area (Å²) in [7, 11) is -0.500. The number of rotatable bonds is 10. The van der Waals surface area contributed by atoms with E-state index in [4.69, 9.17) is 8.23 Å². The summed E-state index contributed by atoms with van der Waals surface area (Å²) < 4.78 is 11.4. The average molecular weight is 377 g/mol. The highest BCUT2D eigenvalue weighted by molar-refractivity contribution is 6.44. The van der Waals surface area contributed by atoms with Crippen molar-refractivity contribution in [1.82, 2.24) is 0 Å². The first-order valence-electron chi connectivity index (χ1n) is 9.19. The minimum atomic E-state index is -0.706. The lowest BCUT2D eigenvalue weighted by molar-refractivity contribution is -0.112. The summed E-state index contributed by atoms with van der Waals surface area (Å²) >= 11 is 0. The quantitative estimate of drug-likeness (QED) is 0.429. The van der Waals surface area contributed by atoms with Crippen LogP contribution in [-0.4, -0.2) is 30.3 Å². The molecule has 0 rings (SSSR count). The van der Waals surface area contributed by atoms with Crippen LogP contribution in [0, 0.1) is 21.7 Å². The van der Waals surface area contributed by atoms with Crippen LogP contribution in [-0.2, 0) is 8.23 Å². The van der Waals surface area contributed by atoms with Crippen molar-refractivity contribution in [2.75, 3.05) is 0 Å². The second-order valence-electron chi connectivity index (χ2n) is 10.1. The molecule has 5 heteroatoms. The van der Waals surface area contributed by atoms with Crippen LogP contribution in [0.25, 0.3) is 0 Å². The molecule has 0 spiro atoms. The predicted octanol–water partition coefficient (Wildman–Crippen LogP) is 3.49. The molecule has 0 amide bonds. The standard InChI is InChI=1S/C18H44O2Si3/c1-12-13-14(2,3)15(4,5)16(6,7)17(8,9)18(10,11)22-20-23-19-21/h12-13,22-23H2,1-11,21H3. The zero-order chi connectivity index (χ0) is 18.7. The molecule has 0 unspecified atom stereocenters. The Morgan fingerprint density at radius 2 is 1.26 bits per heavy atom. The highest BCUT2D eigenvalue weighted by atomic mass is 28.3. The van der Waals surface area contributed by atoms with Crippen LogP contribution in [0.15, 0.2) is 0 Å². The van der Waals surface area contributed by atoms with E-state index in [0.717, 1.165) is 10.5 Å². The minimum absolute atomic E-state index is 0.195. The first kappa shape index (κ1) is 23.6. The van der Waals surface area contributed by atoms with Crippen molar-refractivity contribution in [2.45, 2.75) is 94.0 Å². The van der Waals surface area contributed by atoms with Crippen molar-refractivity contribution < 1.29 is 8.23 Å². The van der Waals surface area contributed by atoms with Crippen LogP contribution in [0.3, 0.4) is 0 Å². The van der Waals surface area contributed by atoms with Gasteiger partial charge in [-0.1, -0.05) is 82.6 Å². The molecular formula is C18H44O2Si3. The SMILES string of the molecule is CCCC(C)(C)C(C)(C)C(C)(C)C(C)(C)C(C)(C)[SiH2]O[SiH2]O[SiH3]. The fraction of sp³-hybridized carbons (Fsp3) is 1.00. The Labute approximate surface area is 154 Å². The molecule has 0 fully saturated rings. The van der Waals surface area contributed by atoms with E-state index >= 15 is 0 Å². The Balaban J connectivity index is 5.67. The van der Waals surface area contributed by atoms with Gasteiger partial charge in [-0.2, -0.15) is 0 Å². The molecule has 0 aliphatic heterocycles. The van der Waals surface area contributed by atoms with E-state index in [1.807, 2.05) is 0 Å². The molecule has 0 aliphatic rings. The van der Waals surface area contributed by atoms with E-state index in [1.54, 1.807) is 0 Å². The van der Waals surface area contributed by atoms with E-state index in [-0.39, 0.29) is 21.3 Å². The van der Waals surface area contributed by atoms with Crippen LogP contribution >= 0.6 is 0 Å². The highest BCUT2D eigenvalue weighted by Crippen LogP contribution is 2.66. The van der Waals surface area contributed by atoms with Gasteiger partial charge >= 0.3 is 0 Å². The third-order valence-corrected chi connectivity index (χ3v) is 12.1. The van der Waals surface area contributed by atoms with E-state index in [1.165, 1.54) is 12.8 Å². The molecule has 140 valence electrons. The lowest BCUT2D eigenvalue weighted by Gasteiger charge is -2.63. The fourth-order valence-electron chi connectivity index (χ4n) is 3.97. The average Bonchev–Trinajstić information content (AvgIpc) is 2.37. The van der Waals surface area contributed by atoms with Crippen molar-refractivity contribution in [3.63, 3.8) is 0 Å². The second kappa shape index (κ2) is 7.85. The molecule has 0 aromatic carbocycles. The zero-order valence-corrected chi connectivity index (χ0v) is 23.0. The van der Waals surface area contributed by atoms with Gasteiger partial charge in [0.2, 0.25) is 0 Å². The van der Waals surface area contributed by atoms with Crippen LogP contribution in [0.2, 0.25) is 5.04 Å². The molecule has 0 aromatic rings. The minimum Gasteiger partial charge on any atom is -0.449 e. The highest BCUT2D eigenvalue weighted by Gasteiger charge is 2.58. The van der Waals surface area contributed by atoms with Crippen LogP contribution < -0.4 is 0 Å². The molecule has 0 bridgehead atoms. The smallest absolute Gasteiger partial charge is 0.282 e. The van der Waals surface area contributed by atoms with Crippen molar-refractivity contribution in [1.29, 1.82) is 0 Å². The zero-order valence-electron chi connectivity index (χ0n) is 18.1. The van der Waals surface area contributed by atoms with Gasteiger partial charge in [0.25, 0.3) is 10.0 Å². The third kappa shape index (κ3) is 4.40. The van der Waals surface area contributed by atoms with E-state index < -0.39 is 19.8 Å². The van der Waals surface area contributed by atoms with Crippen molar-refractivity contribution in [3.8, 4) is 0 Å². The largest absolute Gasteiger partial charge is 0.449 e. The molecular weight excluding hydrogens is 332 g/mol. The van der Waals surface area contributed by atoms with Crippen molar-refractivity contribution in [2.24, 2.45) is 21.7 Å². The summed E-state index contributed by atoms with van der Waals surface area (Å²) in [5.41, 5.74) is 0.937. The lowest BCUT2D eigenvalue weighted by atomic mass is 9.44. The van der Waals surface area contributed by atoms with Crippen LogP contribution in [0.4, 0.5) is 0 Å². The number of hydrogen-bond donors (Lipinski definition) is 0. The van der Waals surface area contributed by atoms with E-state index in [0.29, 0.717) is 5.41 Å². The van der Waals surface area contributed by atoms with Crippen LogP contribution in [0.5, 0.6) is 0 Å². The molecule has 2 nitrogen and oxygen atoms in total. The Bertz CT molecular complexity index is 374. The van der Waals surface area contributed by atoms with Gasteiger partial charge in [-0.3, -0.25) is 0 Å². The van der Waals surface area contributed by atoms with Crippen molar-refractivity contribution >= 4 is 30.3 Å². The Morgan fingerprint density at radius 1 is 0.783 bits per heavy atom. The maximum atomic E-state index is 6.07. The van der Waals surface area contributed by atoms with Gasteiger partial charge in [0.1, 0.15) is 10.5 Å². The van der Waals surface area contributed by atoms with Crippen LogP contribution in [0.1, 0.15) is 89.0 Å². The number of hydrogen-bond acceptors (Lipinski definition) is 2. The molecule has 0 radical (unpaired) electrons. The maximum Gasteiger partial charge on any atom is 0.282 e. The van der Waals surface area contributed by atoms with Gasteiger partial charge in [-0.05, 0) is 33.1 Å². The fourth-order valence-corrected chi connectivity index (χ4v) is 9.32. The van der Waals surface area contributed by atoms with E-state index in [9.17, 15) is 0 Å². The normalized spacial score (nSPS) is 16.3. The van der Waals surface area contributed by atoms with E-state index in [2.05, 4.69) is 76.2 Å². The molecule has 0 atom stereocenters. The predicted molar refractivity (Wildman–Crippen MR) is 113 cm³/mol. The molecule has 0 saturated carbocycles. The molecule has 0 N–H and O–H groups in total. The molecule has 0 saturated heterocycles. The molecule has 0 aromatic heterocycles. The topological polar surface area (TPSA) is 18.5 Å². The summed E-state index contributed by atoms with van der Waals surface area (Å²) in [5, 5.41) is 0.239. The first-order chi connectivity index (χ1) is 10.1. The van der Waals surface area contributed by atoms with Gasteiger partial charge in [-0.15, -0.1) is 0 Å². The van der Waals surface area contributed by atoms with Gasteiger partial charge in [0.15, 0.2) is 9.76 Å². The molecule has 0 aliphatic carbocycles. The summed E-state index contributed by atoms with van der Waals surface area (Å²) in [6, 6.07) is 0. The maximum absolute atomic E-state index is 6.07. The molecule has 23 heavy (non-hydrogen) atoms.